The third kappa shape index (κ3) is 3.47. The second kappa shape index (κ2) is 5.75. The number of aromatic carboxylic acids is 1. The lowest BCUT2D eigenvalue weighted by molar-refractivity contribution is 0.0691. The number of thiazole rings is 1. The summed E-state index contributed by atoms with van der Waals surface area (Å²) in [4.78, 5) is 23.3. The third-order valence-electron chi connectivity index (χ3n) is 2.61. The molecule has 0 bridgehead atoms. The van der Waals surface area contributed by atoms with Gasteiger partial charge >= 0.3 is 5.97 Å². The number of carboxylic acid groups (broad SMARTS) is 1. The van der Waals surface area contributed by atoms with E-state index in [9.17, 15) is 4.79 Å². The van der Waals surface area contributed by atoms with Gasteiger partial charge in [0.1, 0.15) is 5.82 Å². The van der Waals surface area contributed by atoms with Gasteiger partial charge in [0.05, 0.1) is 22.6 Å². The number of aromatic nitrogens is 3. The Bertz CT molecular complexity index is 597. The van der Waals surface area contributed by atoms with Crippen molar-refractivity contribution in [3.8, 4) is 0 Å². The van der Waals surface area contributed by atoms with Gasteiger partial charge in [-0.1, -0.05) is 0 Å². The third-order valence-corrected chi connectivity index (χ3v) is 3.52. The standard InChI is InChI=1S/C12H14N4O2S/c1-7-8(2)15-10(5-14-7)13-4-3-11-16-9(6-19-11)12(17)18/h5-6H,3-4H2,1-2H3,(H,13,15)(H,17,18). The molecule has 19 heavy (non-hydrogen) atoms. The van der Waals surface area contributed by atoms with E-state index in [-0.39, 0.29) is 5.69 Å². The van der Waals surface area contributed by atoms with E-state index in [1.807, 2.05) is 13.8 Å². The van der Waals surface area contributed by atoms with E-state index in [0.717, 1.165) is 22.2 Å². The summed E-state index contributed by atoms with van der Waals surface area (Å²) in [5, 5.41) is 14.3. The molecule has 2 aromatic rings. The number of nitrogens with zero attached hydrogens (tertiary/aromatic N) is 3. The van der Waals surface area contributed by atoms with Crippen LogP contribution in [-0.2, 0) is 6.42 Å². The number of nitrogens with one attached hydrogen (secondary N) is 1. The monoisotopic (exact) mass is 278 g/mol. The summed E-state index contributed by atoms with van der Waals surface area (Å²) in [6.45, 7) is 4.46. The zero-order chi connectivity index (χ0) is 13.8. The Hall–Kier alpha value is -2.02. The predicted molar refractivity (Wildman–Crippen MR) is 72.8 cm³/mol. The molecule has 0 saturated heterocycles. The Kier molecular flexibility index (Phi) is 4.06. The quantitative estimate of drug-likeness (QED) is 0.868. The first kappa shape index (κ1) is 13.4. The van der Waals surface area contributed by atoms with Crippen LogP contribution in [-0.4, -0.2) is 32.6 Å². The van der Waals surface area contributed by atoms with E-state index >= 15 is 0 Å². The minimum Gasteiger partial charge on any atom is -0.476 e. The minimum absolute atomic E-state index is 0.103. The summed E-state index contributed by atoms with van der Waals surface area (Å²) in [7, 11) is 0. The van der Waals surface area contributed by atoms with Crippen LogP contribution in [0.5, 0.6) is 0 Å². The molecule has 2 aromatic heterocycles. The molecule has 0 atom stereocenters. The molecule has 2 N–H and O–H groups in total. The van der Waals surface area contributed by atoms with Crippen LogP contribution in [0.25, 0.3) is 0 Å². The summed E-state index contributed by atoms with van der Waals surface area (Å²) >= 11 is 1.35. The average molecular weight is 278 g/mol. The van der Waals surface area contributed by atoms with E-state index in [4.69, 9.17) is 5.11 Å². The van der Waals surface area contributed by atoms with Crippen LogP contribution < -0.4 is 5.32 Å². The lowest BCUT2D eigenvalue weighted by Gasteiger charge is -2.05. The van der Waals surface area contributed by atoms with Gasteiger partial charge in [-0.25, -0.2) is 14.8 Å². The topological polar surface area (TPSA) is 88.0 Å². The first-order chi connectivity index (χ1) is 9.06. The molecule has 0 spiro atoms. The number of carboxylic acids is 1. The summed E-state index contributed by atoms with van der Waals surface area (Å²) in [6, 6.07) is 0. The molecule has 7 heteroatoms. The van der Waals surface area contributed by atoms with Gasteiger partial charge in [0.2, 0.25) is 0 Å². The number of anilines is 1. The molecular weight excluding hydrogens is 264 g/mol. The highest BCUT2D eigenvalue weighted by molar-refractivity contribution is 7.09. The maximum Gasteiger partial charge on any atom is 0.355 e. The molecule has 0 aromatic carbocycles. The second-order valence-electron chi connectivity index (χ2n) is 4.03. The lowest BCUT2D eigenvalue weighted by Crippen LogP contribution is -2.08. The van der Waals surface area contributed by atoms with Crippen molar-refractivity contribution in [1.82, 2.24) is 15.0 Å². The summed E-state index contributed by atoms with van der Waals surface area (Å²) < 4.78 is 0. The van der Waals surface area contributed by atoms with Crippen molar-refractivity contribution in [2.24, 2.45) is 0 Å². The number of hydrogen-bond acceptors (Lipinski definition) is 6. The van der Waals surface area contributed by atoms with Crippen molar-refractivity contribution < 1.29 is 9.90 Å². The molecule has 0 amide bonds. The molecule has 2 rings (SSSR count). The smallest absolute Gasteiger partial charge is 0.355 e. The van der Waals surface area contributed by atoms with Crippen LogP contribution in [0.2, 0.25) is 0 Å². The van der Waals surface area contributed by atoms with Crippen LogP contribution in [0.4, 0.5) is 5.82 Å². The Morgan fingerprint density at radius 2 is 2.16 bits per heavy atom. The number of hydrogen-bond donors (Lipinski definition) is 2. The fourth-order valence-corrected chi connectivity index (χ4v) is 2.22. The molecule has 2 heterocycles. The highest BCUT2D eigenvalue weighted by Crippen LogP contribution is 2.11. The molecule has 100 valence electrons. The molecule has 0 aliphatic heterocycles. The van der Waals surface area contributed by atoms with Crippen LogP contribution in [0.1, 0.15) is 26.9 Å². The Morgan fingerprint density at radius 1 is 1.37 bits per heavy atom. The molecular formula is C12H14N4O2S. The van der Waals surface area contributed by atoms with E-state index in [0.29, 0.717) is 13.0 Å². The van der Waals surface area contributed by atoms with Crippen molar-refractivity contribution >= 4 is 23.1 Å². The largest absolute Gasteiger partial charge is 0.476 e. The van der Waals surface area contributed by atoms with Crippen LogP contribution >= 0.6 is 11.3 Å². The number of rotatable bonds is 5. The Balaban J connectivity index is 1.88. The molecule has 0 unspecified atom stereocenters. The predicted octanol–water partition coefficient (Wildman–Crippen LogP) is 1.90. The van der Waals surface area contributed by atoms with Gasteiger partial charge in [-0.15, -0.1) is 11.3 Å². The van der Waals surface area contributed by atoms with E-state index in [2.05, 4.69) is 20.3 Å². The first-order valence-corrected chi connectivity index (χ1v) is 6.66. The minimum atomic E-state index is -0.990. The maximum atomic E-state index is 10.7. The summed E-state index contributed by atoms with van der Waals surface area (Å²) in [6.07, 6.45) is 2.35. The fourth-order valence-electron chi connectivity index (χ4n) is 1.45. The van der Waals surface area contributed by atoms with Crippen molar-refractivity contribution in [3.63, 3.8) is 0 Å². The molecule has 0 radical (unpaired) electrons. The Morgan fingerprint density at radius 3 is 2.79 bits per heavy atom. The second-order valence-corrected chi connectivity index (χ2v) is 4.98. The van der Waals surface area contributed by atoms with Crippen molar-refractivity contribution in [3.05, 3.63) is 33.7 Å². The first-order valence-electron chi connectivity index (χ1n) is 5.78. The molecule has 0 aliphatic rings. The summed E-state index contributed by atoms with van der Waals surface area (Å²) in [5.41, 5.74) is 1.91. The van der Waals surface area contributed by atoms with Gasteiger partial charge < -0.3 is 10.4 Å². The lowest BCUT2D eigenvalue weighted by atomic mass is 10.3. The fraction of sp³-hybridized carbons (Fsp3) is 0.333. The van der Waals surface area contributed by atoms with E-state index < -0.39 is 5.97 Å². The number of carbonyl (C=O) groups is 1. The van der Waals surface area contributed by atoms with Crippen LogP contribution in [0.15, 0.2) is 11.6 Å². The molecule has 0 saturated carbocycles. The normalized spacial score (nSPS) is 10.4. The van der Waals surface area contributed by atoms with E-state index in [1.54, 1.807) is 11.6 Å². The van der Waals surface area contributed by atoms with Crippen LogP contribution in [0, 0.1) is 13.8 Å². The Labute approximate surface area is 114 Å². The number of aryl methyl sites for hydroxylation is 2. The van der Waals surface area contributed by atoms with Gasteiger partial charge in [-0.3, -0.25) is 4.98 Å². The van der Waals surface area contributed by atoms with Crippen LogP contribution in [0.3, 0.4) is 0 Å². The highest BCUT2D eigenvalue weighted by atomic mass is 32.1. The van der Waals surface area contributed by atoms with Crippen molar-refractivity contribution in [2.45, 2.75) is 20.3 Å². The summed E-state index contributed by atoms with van der Waals surface area (Å²) in [5.74, 6) is -0.270. The molecule has 0 fully saturated rings. The van der Waals surface area contributed by atoms with Crippen molar-refractivity contribution in [2.75, 3.05) is 11.9 Å². The maximum absolute atomic E-state index is 10.7. The molecule has 0 aliphatic carbocycles. The van der Waals surface area contributed by atoms with Crippen molar-refractivity contribution in [1.29, 1.82) is 0 Å². The SMILES string of the molecule is Cc1ncc(NCCc2nc(C(=O)O)cs2)nc1C. The van der Waals surface area contributed by atoms with Gasteiger partial charge in [0.15, 0.2) is 5.69 Å². The average Bonchev–Trinajstić information content (AvgIpc) is 2.83. The van der Waals surface area contributed by atoms with E-state index in [1.165, 1.54) is 11.3 Å². The zero-order valence-electron chi connectivity index (χ0n) is 10.7. The van der Waals surface area contributed by atoms with Gasteiger partial charge in [-0.2, -0.15) is 0 Å². The van der Waals surface area contributed by atoms with Gasteiger partial charge in [-0.05, 0) is 13.8 Å². The van der Waals surface area contributed by atoms with Gasteiger partial charge in [0.25, 0.3) is 0 Å². The van der Waals surface area contributed by atoms with Gasteiger partial charge in [0, 0.05) is 18.3 Å². The molecule has 6 nitrogen and oxygen atoms in total. The zero-order valence-corrected chi connectivity index (χ0v) is 11.5. The highest BCUT2D eigenvalue weighted by Gasteiger charge is 2.08.